The number of ether oxygens (including phenoxy) is 4. The minimum atomic E-state index is -3.42. The zero-order valence-corrected chi connectivity index (χ0v) is 43.4. The van der Waals surface area contributed by atoms with Gasteiger partial charge in [-0.15, -0.1) is 21.5 Å². The molecule has 3 unspecified atom stereocenters. The largest absolute Gasteiger partial charge is 0.700 e. The van der Waals surface area contributed by atoms with E-state index in [1.54, 1.807) is 0 Å². The number of hydrogen-bond donors (Lipinski definition) is 12. The highest BCUT2D eigenvalue weighted by molar-refractivity contribution is 8.00. The lowest BCUT2D eigenvalue weighted by atomic mass is 10.1. The molecule has 0 bridgehead atoms. The molecule has 5 atom stereocenters. The third kappa shape index (κ3) is 33.9. The van der Waals surface area contributed by atoms with Crippen LogP contribution in [0.1, 0.15) is 64.2 Å². The molecule has 416 valence electrons. The molecule has 1 heterocycles. The second-order valence-electron chi connectivity index (χ2n) is 15.7. The van der Waals surface area contributed by atoms with Crippen LogP contribution in [0.15, 0.2) is 0 Å². The standard InChI is InChI=1S/C40H70N10O20P2S/c1-43-13-17-65-21-22-66-18-14-45-31(51)6-7-32(52)46-15-19-67-23-24-68-20-16-47-33(53)8-9-34(54)49-29(37(42)57)5-2-3-11-48-38(58)28(41)27-73-30-25-36(56)50(39(30)59)26-35(55)44-12-4-10-40(60,69-71(61)62)70-72(63)64/h28-30,43,60H,2-27,41H2,1H3,(H8-2,42,44,45,46,47,48,49,51,52,53,54,55,57,58,61,62,63,64)/p+2/t28-,29+,30?/m1/s1. The number of rotatable bonds is 45. The second-order valence-corrected chi connectivity index (χ2v) is 18.2. The van der Waals surface area contributed by atoms with Gasteiger partial charge in [0.15, 0.2) is 0 Å². The predicted molar refractivity (Wildman–Crippen MR) is 257 cm³/mol. The van der Waals surface area contributed by atoms with Gasteiger partial charge in [0.1, 0.15) is 12.6 Å². The first-order valence-electron chi connectivity index (χ1n) is 23.3. The first-order valence-corrected chi connectivity index (χ1v) is 26.6. The number of amides is 9. The molecule has 0 saturated carbocycles. The fraction of sp³-hybridized carbons (Fsp3) is 0.775. The van der Waals surface area contributed by atoms with Crippen molar-refractivity contribution in [2.45, 2.75) is 87.5 Å². The van der Waals surface area contributed by atoms with Gasteiger partial charge in [-0.1, -0.05) is 0 Å². The van der Waals surface area contributed by atoms with Crippen molar-refractivity contribution >= 4 is 81.4 Å². The first kappa shape index (κ1) is 66.6. The van der Waals surface area contributed by atoms with Crippen LogP contribution in [0.5, 0.6) is 0 Å². The number of nitrogens with one attached hydrogen (secondary N) is 7. The smallest absolute Gasteiger partial charge is 0.378 e. The van der Waals surface area contributed by atoms with Gasteiger partial charge in [0, 0.05) is 92.7 Å². The summed E-state index contributed by atoms with van der Waals surface area (Å²) in [6, 6.07) is -2.10. The van der Waals surface area contributed by atoms with Crippen LogP contribution in [-0.4, -0.2) is 208 Å². The maximum atomic E-state index is 12.8. The number of aliphatic hydroxyl groups is 1. The number of hydrogen-bond acceptors (Lipinski definition) is 21. The molecule has 30 nitrogen and oxygen atoms in total. The maximum Gasteiger partial charge on any atom is 0.700 e. The van der Waals surface area contributed by atoms with Crippen molar-refractivity contribution in [2.75, 3.05) is 111 Å². The number of imide groups is 1. The summed E-state index contributed by atoms with van der Waals surface area (Å²) in [5.41, 5.74) is 11.4. The lowest BCUT2D eigenvalue weighted by Crippen LogP contribution is -2.45. The van der Waals surface area contributed by atoms with E-state index in [1.165, 1.54) is 0 Å². The number of nitrogens with zero attached hydrogens (tertiary/aromatic N) is 1. The summed E-state index contributed by atoms with van der Waals surface area (Å²) >= 11 is 0.952. The molecule has 1 aliphatic heterocycles. The number of likely N-dealkylation sites (tertiary alicyclic amines) is 1. The van der Waals surface area contributed by atoms with E-state index < -0.39 is 94.1 Å². The Morgan fingerprint density at radius 3 is 1.63 bits per heavy atom. The van der Waals surface area contributed by atoms with Crippen molar-refractivity contribution in [2.24, 2.45) is 11.5 Å². The highest BCUT2D eigenvalue weighted by Crippen LogP contribution is 2.35. The van der Waals surface area contributed by atoms with E-state index in [4.69, 9.17) is 40.2 Å². The van der Waals surface area contributed by atoms with Gasteiger partial charge in [-0.2, -0.15) is 0 Å². The van der Waals surface area contributed by atoms with E-state index in [1.807, 2.05) is 7.05 Å². The number of carbonyl (C=O) groups excluding carboxylic acids is 9. The molecule has 73 heavy (non-hydrogen) atoms. The Kier molecular flexibility index (Phi) is 36.4. The van der Waals surface area contributed by atoms with Crippen LogP contribution in [0.2, 0.25) is 0 Å². The molecule has 0 aromatic carbocycles. The monoisotopic (exact) mass is 1110 g/mol. The normalized spacial score (nSPS) is 15.4. The van der Waals surface area contributed by atoms with Gasteiger partial charge in [0.2, 0.25) is 53.2 Å². The quantitative estimate of drug-likeness (QED) is 0.0118. The van der Waals surface area contributed by atoms with Crippen molar-refractivity contribution in [1.29, 1.82) is 0 Å². The topological polar surface area (TPSA) is 443 Å². The van der Waals surface area contributed by atoms with E-state index >= 15 is 0 Å². The third-order valence-corrected chi connectivity index (χ3v) is 12.0. The van der Waals surface area contributed by atoms with Gasteiger partial charge >= 0.3 is 22.5 Å². The average Bonchev–Trinajstić information content (AvgIpc) is 3.59. The maximum absolute atomic E-state index is 12.8. The molecule has 0 spiro atoms. The van der Waals surface area contributed by atoms with Crippen molar-refractivity contribution in [1.82, 2.24) is 42.1 Å². The van der Waals surface area contributed by atoms with Gasteiger partial charge in [-0.3, -0.25) is 48.1 Å². The van der Waals surface area contributed by atoms with E-state index in [0.29, 0.717) is 45.8 Å². The van der Waals surface area contributed by atoms with Gasteiger partial charge in [0.25, 0.3) is 0 Å². The van der Waals surface area contributed by atoms with Crippen LogP contribution < -0.4 is 48.7 Å². The minimum Gasteiger partial charge on any atom is -0.378 e. The third-order valence-electron chi connectivity index (χ3n) is 9.75. The van der Waals surface area contributed by atoms with Crippen molar-refractivity contribution in [3.63, 3.8) is 0 Å². The van der Waals surface area contributed by atoms with Gasteiger partial charge in [-0.05, 0) is 41.8 Å². The molecule has 9 amide bonds. The number of primary amides is 1. The van der Waals surface area contributed by atoms with E-state index in [-0.39, 0.29) is 115 Å². The Morgan fingerprint density at radius 2 is 1.15 bits per heavy atom. The Bertz CT molecular complexity index is 1780. The molecule has 0 radical (unpaired) electrons. The Hall–Kier alpha value is -4.46. The van der Waals surface area contributed by atoms with Crippen LogP contribution in [0, 0.1) is 0 Å². The van der Waals surface area contributed by atoms with E-state index in [9.17, 15) is 57.4 Å². The van der Waals surface area contributed by atoms with Crippen LogP contribution >= 0.6 is 28.3 Å². The van der Waals surface area contributed by atoms with Crippen LogP contribution in [-0.2, 0) is 80.3 Å². The summed E-state index contributed by atoms with van der Waals surface area (Å²) < 4.78 is 51.7. The zero-order valence-electron chi connectivity index (χ0n) is 40.8. The Labute approximate surface area is 428 Å². The van der Waals surface area contributed by atoms with Crippen LogP contribution in [0.4, 0.5) is 0 Å². The lowest BCUT2D eigenvalue weighted by molar-refractivity contribution is -0.277. The summed E-state index contributed by atoms with van der Waals surface area (Å²) in [6.45, 7) is 3.50. The molecule has 0 aromatic rings. The van der Waals surface area contributed by atoms with Crippen molar-refractivity contribution in [3.8, 4) is 0 Å². The molecule has 1 aliphatic rings. The molecule has 1 saturated heterocycles. The SMILES string of the molecule is CNCCOCCOCCNC(=O)CCC(=O)NCCOCCOCCNC(=O)CCC(=O)N[C@@H](CCCCNC(=O)[C@H](N)CSC1CC(=O)N(CC(=O)NCCCC(O)(O[P+](=O)O)O[P+](=O)O)C1=O)C(N)=O. The van der Waals surface area contributed by atoms with Gasteiger partial charge in [-0.25, -0.2) is 0 Å². The fourth-order valence-corrected chi connectivity index (χ4v) is 7.95. The molecule has 1 fully saturated rings. The molecular weight excluding hydrogens is 1030 g/mol. The summed E-state index contributed by atoms with van der Waals surface area (Å²) in [5.74, 6) is -7.91. The molecule has 1 rings (SSSR count). The van der Waals surface area contributed by atoms with Crippen molar-refractivity contribution in [3.05, 3.63) is 0 Å². The van der Waals surface area contributed by atoms with E-state index in [2.05, 4.69) is 46.3 Å². The Balaban J connectivity index is 2.15. The predicted octanol–water partition coefficient (Wildman–Crippen LogP) is -4.50. The van der Waals surface area contributed by atoms with Gasteiger partial charge < -0.3 is 72.7 Å². The molecule has 33 heteroatoms. The number of unbranched alkanes of at least 4 members (excludes halogenated alkanes) is 1. The molecule has 0 aliphatic carbocycles. The zero-order chi connectivity index (χ0) is 54.4. The summed E-state index contributed by atoms with van der Waals surface area (Å²) in [7, 11) is -5.00. The van der Waals surface area contributed by atoms with Gasteiger partial charge in [0.05, 0.1) is 64.1 Å². The van der Waals surface area contributed by atoms with Crippen LogP contribution in [0.3, 0.4) is 0 Å². The second kappa shape index (κ2) is 39.9. The fourth-order valence-electron chi connectivity index (χ4n) is 6.03. The lowest BCUT2D eigenvalue weighted by Gasteiger charge is -2.17. The number of thioether (sulfide) groups is 1. The summed E-state index contributed by atoms with van der Waals surface area (Å²) in [6.07, 6.45) is -0.458. The minimum absolute atomic E-state index is 0.0315. The molecule has 0 aromatic heterocycles. The van der Waals surface area contributed by atoms with E-state index in [0.717, 1.165) is 23.2 Å². The molecular formula is C40H72N10O20P2S+2. The highest BCUT2D eigenvalue weighted by atomic mass is 32.2. The molecule has 14 N–H and O–H groups in total. The van der Waals surface area contributed by atoms with Crippen LogP contribution in [0.25, 0.3) is 0 Å². The summed E-state index contributed by atoms with van der Waals surface area (Å²) in [5, 5.41) is 27.5. The number of likely N-dealkylation sites (N-methyl/N-ethyl adjacent to an activating group) is 1. The number of carbonyl (C=O) groups is 9. The van der Waals surface area contributed by atoms with Crippen molar-refractivity contribution < 1.29 is 95.2 Å². The highest BCUT2D eigenvalue weighted by Gasteiger charge is 2.47. The average molecular weight is 1110 g/mol. The first-order chi connectivity index (χ1) is 34.8. The Morgan fingerprint density at radius 1 is 0.685 bits per heavy atom. The summed E-state index contributed by atoms with van der Waals surface area (Å²) in [4.78, 5) is 129. The number of nitrogens with two attached hydrogens (primary N) is 2.